The Morgan fingerprint density at radius 2 is 1.77 bits per heavy atom. The van der Waals surface area contributed by atoms with Crippen LogP contribution in [0.2, 0.25) is 5.02 Å². The van der Waals surface area contributed by atoms with Crippen LogP contribution in [0.15, 0.2) is 81.7 Å². The Hall–Kier alpha value is -4.94. The number of fused-ring (bicyclic) bond motifs is 1. The Kier molecular flexibility index (Phi) is 10.4. The quantitative estimate of drug-likeness (QED) is 0.105. The second kappa shape index (κ2) is 14.7. The standard InChI is InChI=1S/C34H32ClN3O8S/c1-5-7-25-30(33(40)45-6-2)31(24-18-22(35)11-15-26(24)43-3)37-32(39)29(47-34(37)36-25)17-21-10-14-27(28(16-21)44-4)46-19-20-8-12-23(13-9-20)38(41)42/h8-18,31H,5-7,19H2,1-4H3/b29-17+/t31-/m1/s1. The first kappa shape index (κ1) is 33.4. The summed E-state index contributed by atoms with van der Waals surface area (Å²) in [5, 5.41) is 11.4. The Morgan fingerprint density at radius 1 is 1.04 bits per heavy atom. The van der Waals surface area contributed by atoms with E-state index in [1.54, 1.807) is 61.5 Å². The molecule has 2 heterocycles. The van der Waals surface area contributed by atoms with Crippen molar-refractivity contribution >= 4 is 40.7 Å². The number of ether oxygens (including phenoxy) is 4. The number of rotatable bonds is 12. The number of benzene rings is 3. The van der Waals surface area contributed by atoms with E-state index in [0.717, 1.165) is 5.56 Å². The number of methoxy groups -OCH3 is 2. The number of carbonyl (C=O) groups excluding carboxylic acids is 1. The summed E-state index contributed by atoms with van der Waals surface area (Å²) in [6.07, 6.45) is 2.94. The predicted octanol–water partition coefficient (Wildman–Crippen LogP) is 5.74. The topological polar surface area (TPSA) is 131 Å². The SMILES string of the molecule is CCCC1=C(C(=O)OCC)[C@@H](c2cc(Cl)ccc2OC)n2c(s/c(=C/c3ccc(OCc4ccc([N+](=O)[O-])cc4)c(OC)c3)c2=O)=N1. The number of thiazole rings is 1. The van der Waals surface area contributed by atoms with Crippen molar-refractivity contribution in [3.05, 3.63) is 123 Å². The molecule has 0 aliphatic carbocycles. The van der Waals surface area contributed by atoms with Gasteiger partial charge in [-0.15, -0.1) is 0 Å². The van der Waals surface area contributed by atoms with Crippen LogP contribution in [0.25, 0.3) is 6.08 Å². The van der Waals surface area contributed by atoms with E-state index in [9.17, 15) is 19.7 Å². The number of allylic oxidation sites excluding steroid dienone is 1. The molecule has 0 N–H and O–H groups in total. The first-order chi connectivity index (χ1) is 22.7. The molecule has 0 fully saturated rings. The number of nitro benzene ring substituents is 1. The number of hydrogen-bond acceptors (Lipinski definition) is 10. The molecule has 0 radical (unpaired) electrons. The fourth-order valence-electron chi connectivity index (χ4n) is 5.25. The zero-order valence-electron chi connectivity index (χ0n) is 26.2. The maximum atomic E-state index is 14.2. The van der Waals surface area contributed by atoms with Crippen LogP contribution < -0.4 is 29.1 Å². The minimum absolute atomic E-state index is 0.00214. The van der Waals surface area contributed by atoms with Gasteiger partial charge in [0.15, 0.2) is 16.3 Å². The van der Waals surface area contributed by atoms with Gasteiger partial charge >= 0.3 is 5.97 Å². The highest BCUT2D eigenvalue weighted by Crippen LogP contribution is 2.38. The van der Waals surface area contributed by atoms with Crippen molar-refractivity contribution < 1.29 is 28.7 Å². The van der Waals surface area contributed by atoms with E-state index in [2.05, 4.69) is 0 Å². The lowest BCUT2D eigenvalue weighted by atomic mass is 9.93. The molecule has 3 aromatic carbocycles. The Labute approximate surface area is 279 Å². The van der Waals surface area contributed by atoms with Gasteiger partial charge in [-0.3, -0.25) is 19.5 Å². The van der Waals surface area contributed by atoms with E-state index in [4.69, 9.17) is 35.5 Å². The number of esters is 1. The van der Waals surface area contributed by atoms with Gasteiger partial charge in [0.2, 0.25) is 0 Å². The third-order valence-corrected chi connectivity index (χ3v) is 8.62. The monoisotopic (exact) mass is 677 g/mol. The summed E-state index contributed by atoms with van der Waals surface area (Å²) in [7, 11) is 3.03. The summed E-state index contributed by atoms with van der Waals surface area (Å²) in [5.74, 6) is 0.795. The maximum absolute atomic E-state index is 14.2. The van der Waals surface area contributed by atoms with Crippen molar-refractivity contribution in [1.82, 2.24) is 4.57 Å². The molecule has 0 saturated heterocycles. The van der Waals surface area contributed by atoms with E-state index in [0.29, 0.717) is 61.3 Å². The Balaban J connectivity index is 1.58. The molecule has 0 unspecified atom stereocenters. The molecular weight excluding hydrogens is 646 g/mol. The summed E-state index contributed by atoms with van der Waals surface area (Å²) in [6.45, 7) is 4.04. The van der Waals surface area contributed by atoms with Gasteiger partial charge in [-0.25, -0.2) is 9.79 Å². The molecule has 1 aliphatic rings. The molecule has 47 heavy (non-hydrogen) atoms. The molecule has 244 valence electrons. The number of carbonyl (C=O) groups is 1. The number of nitro groups is 1. The Bertz CT molecular complexity index is 2040. The van der Waals surface area contributed by atoms with Gasteiger partial charge in [0.05, 0.1) is 41.6 Å². The molecule has 0 bridgehead atoms. The summed E-state index contributed by atoms with van der Waals surface area (Å²) in [4.78, 5) is 43.3. The van der Waals surface area contributed by atoms with Gasteiger partial charge in [-0.2, -0.15) is 0 Å². The second-order valence-corrected chi connectivity index (χ2v) is 11.9. The molecular formula is C34H32ClN3O8S. The van der Waals surface area contributed by atoms with Crippen molar-refractivity contribution in [1.29, 1.82) is 0 Å². The summed E-state index contributed by atoms with van der Waals surface area (Å²) < 4.78 is 24.5. The molecule has 0 spiro atoms. The lowest BCUT2D eigenvalue weighted by Gasteiger charge is -2.27. The highest BCUT2D eigenvalue weighted by molar-refractivity contribution is 7.07. The number of aromatic nitrogens is 1. The number of non-ortho nitro benzene ring substituents is 1. The van der Waals surface area contributed by atoms with Crippen molar-refractivity contribution in [3.8, 4) is 17.2 Å². The fraction of sp³-hybridized carbons (Fsp3) is 0.265. The van der Waals surface area contributed by atoms with Crippen LogP contribution in [-0.2, 0) is 16.1 Å². The molecule has 1 atom stereocenters. The van der Waals surface area contributed by atoms with Gasteiger partial charge in [-0.1, -0.05) is 42.3 Å². The highest BCUT2D eigenvalue weighted by Gasteiger charge is 2.36. The fourth-order valence-corrected chi connectivity index (χ4v) is 6.45. The van der Waals surface area contributed by atoms with Crippen LogP contribution in [0.3, 0.4) is 0 Å². The first-order valence-electron chi connectivity index (χ1n) is 14.8. The largest absolute Gasteiger partial charge is 0.496 e. The average Bonchev–Trinajstić information content (AvgIpc) is 3.37. The molecule has 0 amide bonds. The van der Waals surface area contributed by atoms with Gasteiger partial charge in [0.1, 0.15) is 18.4 Å². The smallest absolute Gasteiger partial charge is 0.338 e. The summed E-state index contributed by atoms with van der Waals surface area (Å²) in [6, 6.07) is 15.5. The molecule has 1 aromatic heterocycles. The minimum Gasteiger partial charge on any atom is -0.496 e. The number of hydrogen-bond donors (Lipinski definition) is 0. The van der Waals surface area contributed by atoms with Crippen LogP contribution in [0.4, 0.5) is 5.69 Å². The van der Waals surface area contributed by atoms with E-state index in [-0.39, 0.29) is 30.0 Å². The third-order valence-electron chi connectivity index (χ3n) is 7.41. The number of halogens is 1. The minimum atomic E-state index is -0.882. The maximum Gasteiger partial charge on any atom is 0.338 e. The van der Waals surface area contributed by atoms with Crippen LogP contribution in [-0.4, -0.2) is 36.3 Å². The molecule has 0 saturated carbocycles. The van der Waals surface area contributed by atoms with Gasteiger partial charge in [-0.05, 0) is 73.0 Å². The molecule has 4 aromatic rings. The number of nitrogens with zero attached hydrogens (tertiary/aromatic N) is 3. The van der Waals surface area contributed by atoms with E-state index < -0.39 is 16.9 Å². The van der Waals surface area contributed by atoms with E-state index >= 15 is 0 Å². The third kappa shape index (κ3) is 7.08. The van der Waals surface area contributed by atoms with Crippen molar-refractivity contribution in [2.45, 2.75) is 39.3 Å². The van der Waals surface area contributed by atoms with Gasteiger partial charge in [0.25, 0.3) is 11.2 Å². The van der Waals surface area contributed by atoms with E-state index in [1.807, 2.05) is 6.92 Å². The lowest BCUT2D eigenvalue weighted by Crippen LogP contribution is -2.40. The zero-order valence-corrected chi connectivity index (χ0v) is 27.7. The van der Waals surface area contributed by atoms with Gasteiger partial charge in [0, 0.05) is 22.7 Å². The zero-order chi connectivity index (χ0) is 33.7. The second-order valence-electron chi connectivity index (χ2n) is 10.4. The van der Waals surface area contributed by atoms with Crippen molar-refractivity contribution in [2.75, 3.05) is 20.8 Å². The molecule has 11 nitrogen and oxygen atoms in total. The van der Waals surface area contributed by atoms with E-state index in [1.165, 1.54) is 42.3 Å². The Morgan fingerprint density at radius 3 is 2.43 bits per heavy atom. The van der Waals surface area contributed by atoms with Crippen LogP contribution in [0.1, 0.15) is 49.4 Å². The van der Waals surface area contributed by atoms with Crippen LogP contribution in [0, 0.1) is 10.1 Å². The normalized spacial score (nSPS) is 14.3. The van der Waals surface area contributed by atoms with Crippen LogP contribution >= 0.6 is 22.9 Å². The van der Waals surface area contributed by atoms with Crippen molar-refractivity contribution in [3.63, 3.8) is 0 Å². The highest BCUT2D eigenvalue weighted by atomic mass is 35.5. The first-order valence-corrected chi connectivity index (χ1v) is 16.0. The molecule has 13 heteroatoms. The molecule has 5 rings (SSSR count). The van der Waals surface area contributed by atoms with Gasteiger partial charge < -0.3 is 18.9 Å². The summed E-state index contributed by atoms with van der Waals surface area (Å²) in [5.41, 5.74) is 2.42. The lowest BCUT2D eigenvalue weighted by molar-refractivity contribution is -0.384. The average molecular weight is 678 g/mol. The summed E-state index contributed by atoms with van der Waals surface area (Å²) >= 11 is 7.63. The van der Waals surface area contributed by atoms with Crippen molar-refractivity contribution in [2.24, 2.45) is 4.99 Å². The predicted molar refractivity (Wildman–Crippen MR) is 178 cm³/mol. The van der Waals surface area contributed by atoms with Crippen LogP contribution in [0.5, 0.6) is 17.2 Å². The molecule has 1 aliphatic heterocycles.